The third kappa shape index (κ3) is 6.28. The average Bonchev–Trinajstić information content (AvgIpc) is 2.32. The third-order valence-electron chi connectivity index (χ3n) is 2.59. The summed E-state index contributed by atoms with van der Waals surface area (Å²) in [6.07, 6.45) is 8.68. The summed E-state index contributed by atoms with van der Waals surface area (Å²) in [6, 6.07) is 7.49. The minimum atomic E-state index is 0.195. The SMILES string of the molecule is CCCCCCC(=O)C=Cc1cccc(Cl)c1. The Bertz CT molecular complexity index is 382. The van der Waals surface area contributed by atoms with Crippen molar-refractivity contribution in [2.75, 3.05) is 0 Å². The molecule has 1 aromatic carbocycles. The molecule has 1 nitrogen and oxygen atoms in total. The van der Waals surface area contributed by atoms with E-state index in [9.17, 15) is 4.79 Å². The van der Waals surface area contributed by atoms with E-state index in [4.69, 9.17) is 11.6 Å². The summed E-state index contributed by atoms with van der Waals surface area (Å²) < 4.78 is 0. The molecular weight excluding hydrogens is 232 g/mol. The number of rotatable bonds is 7. The first-order valence-electron chi connectivity index (χ1n) is 6.19. The summed E-state index contributed by atoms with van der Waals surface area (Å²) in [4.78, 5) is 11.5. The van der Waals surface area contributed by atoms with E-state index in [1.165, 1.54) is 12.8 Å². The van der Waals surface area contributed by atoms with Crippen LogP contribution in [0.1, 0.15) is 44.6 Å². The largest absolute Gasteiger partial charge is 0.295 e. The van der Waals surface area contributed by atoms with Gasteiger partial charge in [0.1, 0.15) is 0 Å². The van der Waals surface area contributed by atoms with Crippen LogP contribution in [-0.2, 0) is 4.79 Å². The number of carbonyl (C=O) groups is 1. The Balaban J connectivity index is 2.35. The number of allylic oxidation sites excluding steroid dienone is 1. The van der Waals surface area contributed by atoms with E-state index in [2.05, 4.69) is 6.92 Å². The average molecular weight is 251 g/mol. The summed E-state index contributed by atoms with van der Waals surface area (Å²) in [5.74, 6) is 0.195. The van der Waals surface area contributed by atoms with Crippen molar-refractivity contribution in [2.24, 2.45) is 0 Å². The Labute approximate surface area is 108 Å². The predicted octanol–water partition coefficient (Wildman–Crippen LogP) is 4.89. The van der Waals surface area contributed by atoms with Crippen molar-refractivity contribution in [1.29, 1.82) is 0 Å². The van der Waals surface area contributed by atoms with E-state index in [1.807, 2.05) is 30.3 Å². The smallest absolute Gasteiger partial charge is 0.155 e. The monoisotopic (exact) mass is 250 g/mol. The molecule has 0 radical (unpaired) electrons. The van der Waals surface area contributed by atoms with E-state index in [-0.39, 0.29) is 5.78 Å². The maximum absolute atomic E-state index is 11.5. The van der Waals surface area contributed by atoms with Crippen molar-refractivity contribution in [3.63, 3.8) is 0 Å². The molecule has 2 heteroatoms. The molecule has 0 heterocycles. The Kier molecular flexibility index (Phi) is 6.64. The van der Waals surface area contributed by atoms with Crippen LogP contribution in [0.5, 0.6) is 0 Å². The number of benzene rings is 1. The van der Waals surface area contributed by atoms with Crippen LogP contribution in [0.15, 0.2) is 30.3 Å². The molecule has 92 valence electrons. The zero-order valence-corrected chi connectivity index (χ0v) is 11.0. The van der Waals surface area contributed by atoms with Gasteiger partial charge in [-0.1, -0.05) is 56.0 Å². The zero-order chi connectivity index (χ0) is 12.5. The molecule has 0 fully saturated rings. The summed E-state index contributed by atoms with van der Waals surface area (Å²) in [6.45, 7) is 2.17. The molecule has 0 unspecified atom stereocenters. The van der Waals surface area contributed by atoms with Gasteiger partial charge in [0.05, 0.1) is 0 Å². The Hall–Kier alpha value is -1.08. The molecule has 1 rings (SSSR count). The van der Waals surface area contributed by atoms with Crippen LogP contribution in [-0.4, -0.2) is 5.78 Å². The maximum atomic E-state index is 11.5. The lowest BCUT2D eigenvalue weighted by molar-refractivity contribution is -0.114. The molecule has 0 N–H and O–H groups in total. The number of halogens is 1. The van der Waals surface area contributed by atoms with Gasteiger partial charge in [0.15, 0.2) is 5.78 Å². The normalized spacial score (nSPS) is 10.9. The molecule has 0 bridgehead atoms. The van der Waals surface area contributed by atoms with E-state index in [1.54, 1.807) is 6.08 Å². The van der Waals surface area contributed by atoms with Gasteiger partial charge in [-0.25, -0.2) is 0 Å². The van der Waals surface area contributed by atoms with Gasteiger partial charge in [-0.3, -0.25) is 4.79 Å². The first kappa shape index (κ1) is 14.0. The molecule has 0 spiro atoms. The van der Waals surface area contributed by atoms with E-state index < -0.39 is 0 Å². The van der Waals surface area contributed by atoms with Gasteiger partial charge in [-0.2, -0.15) is 0 Å². The fourth-order valence-corrected chi connectivity index (χ4v) is 1.81. The van der Waals surface area contributed by atoms with Gasteiger partial charge < -0.3 is 0 Å². The number of hydrogen-bond acceptors (Lipinski definition) is 1. The number of unbranched alkanes of at least 4 members (excludes halogenated alkanes) is 3. The van der Waals surface area contributed by atoms with E-state index in [0.717, 1.165) is 18.4 Å². The fourth-order valence-electron chi connectivity index (χ4n) is 1.61. The molecule has 0 saturated carbocycles. The lowest BCUT2D eigenvalue weighted by Crippen LogP contribution is -1.92. The standard InChI is InChI=1S/C15H19ClO/c1-2-3-4-5-9-15(17)11-10-13-7-6-8-14(16)12-13/h6-8,10-12H,2-5,9H2,1H3. The van der Waals surface area contributed by atoms with Crippen LogP contribution in [0.3, 0.4) is 0 Å². The maximum Gasteiger partial charge on any atom is 0.155 e. The van der Waals surface area contributed by atoms with Crippen molar-refractivity contribution in [2.45, 2.75) is 39.0 Å². The topological polar surface area (TPSA) is 17.1 Å². The molecule has 0 aliphatic heterocycles. The van der Waals surface area contributed by atoms with E-state index in [0.29, 0.717) is 11.4 Å². The molecule has 17 heavy (non-hydrogen) atoms. The van der Waals surface area contributed by atoms with Gasteiger partial charge in [-0.05, 0) is 30.2 Å². The predicted molar refractivity (Wildman–Crippen MR) is 74.3 cm³/mol. The number of ketones is 1. The number of carbonyl (C=O) groups excluding carboxylic acids is 1. The quantitative estimate of drug-likeness (QED) is 0.497. The van der Waals surface area contributed by atoms with Crippen molar-refractivity contribution in [3.8, 4) is 0 Å². The summed E-state index contributed by atoms with van der Waals surface area (Å²) >= 11 is 5.86. The highest BCUT2D eigenvalue weighted by molar-refractivity contribution is 6.30. The molecule has 1 aromatic rings. The van der Waals surface area contributed by atoms with Crippen LogP contribution in [0.4, 0.5) is 0 Å². The second-order valence-corrected chi connectivity index (χ2v) is 4.60. The minimum absolute atomic E-state index is 0.195. The Morgan fingerprint density at radius 3 is 2.82 bits per heavy atom. The highest BCUT2D eigenvalue weighted by Crippen LogP contribution is 2.12. The van der Waals surface area contributed by atoms with Gasteiger partial charge >= 0.3 is 0 Å². The number of hydrogen-bond donors (Lipinski definition) is 0. The van der Waals surface area contributed by atoms with Crippen LogP contribution in [0, 0.1) is 0 Å². The lowest BCUT2D eigenvalue weighted by Gasteiger charge is -1.96. The molecule has 0 saturated heterocycles. The van der Waals surface area contributed by atoms with Gasteiger partial charge in [0, 0.05) is 11.4 Å². The zero-order valence-electron chi connectivity index (χ0n) is 10.3. The Morgan fingerprint density at radius 2 is 2.12 bits per heavy atom. The summed E-state index contributed by atoms with van der Waals surface area (Å²) in [7, 11) is 0. The summed E-state index contributed by atoms with van der Waals surface area (Å²) in [5, 5.41) is 0.697. The van der Waals surface area contributed by atoms with Gasteiger partial charge in [0.2, 0.25) is 0 Å². The van der Waals surface area contributed by atoms with Crippen LogP contribution in [0.25, 0.3) is 6.08 Å². The van der Waals surface area contributed by atoms with Crippen LogP contribution < -0.4 is 0 Å². The molecule has 0 atom stereocenters. The molecule has 0 aliphatic carbocycles. The van der Waals surface area contributed by atoms with Crippen LogP contribution in [0.2, 0.25) is 5.02 Å². The second-order valence-electron chi connectivity index (χ2n) is 4.17. The highest BCUT2D eigenvalue weighted by Gasteiger charge is 1.96. The molecular formula is C15H19ClO. The van der Waals surface area contributed by atoms with Crippen molar-refractivity contribution in [1.82, 2.24) is 0 Å². The first-order valence-corrected chi connectivity index (χ1v) is 6.56. The fraction of sp³-hybridized carbons (Fsp3) is 0.400. The molecule has 0 aliphatic rings. The second kappa shape index (κ2) is 8.08. The van der Waals surface area contributed by atoms with Crippen molar-refractivity contribution < 1.29 is 4.79 Å². The highest BCUT2D eigenvalue weighted by atomic mass is 35.5. The van der Waals surface area contributed by atoms with Gasteiger partial charge in [0.25, 0.3) is 0 Å². The van der Waals surface area contributed by atoms with Crippen molar-refractivity contribution >= 4 is 23.5 Å². The molecule has 0 amide bonds. The first-order chi connectivity index (χ1) is 8.22. The van der Waals surface area contributed by atoms with Crippen molar-refractivity contribution in [3.05, 3.63) is 40.9 Å². The van der Waals surface area contributed by atoms with Crippen LogP contribution >= 0.6 is 11.6 Å². The molecule has 0 aromatic heterocycles. The van der Waals surface area contributed by atoms with E-state index >= 15 is 0 Å². The van der Waals surface area contributed by atoms with Gasteiger partial charge in [-0.15, -0.1) is 0 Å². The third-order valence-corrected chi connectivity index (χ3v) is 2.82. The lowest BCUT2D eigenvalue weighted by atomic mass is 10.1. The minimum Gasteiger partial charge on any atom is -0.295 e. The summed E-state index contributed by atoms with van der Waals surface area (Å²) in [5.41, 5.74) is 0.972. The Morgan fingerprint density at radius 1 is 1.29 bits per heavy atom.